The van der Waals surface area contributed by atoms with E-state index in [2.05, 4.69) is 22.5 Å². The van der Waals surface area contributed by atoms with Crippen LogP contribution in [0, 0.1) is 5.92 Å². The number of amides is 1. The molecule has 2 aliphatic rings. The maximum absolute atomic E-state index is 12.3. The van der Waals surface area contributed by atoms with E-state index in [0.29, 0.717) is 12.6 Å². The summed E-state index contributed by atoms with van der Waals surface area (Å²) in [6.45, 7) is 1.27. The first-order valence-electron chi connectivity index (χ1n) is 8.26. The van der Waals surface area contributed by atoms with Crippen molar-refractivity contribution in [2.75, 3.05) is 0 Å². The molecule has 23 heavy (non-hydrogen) atoms. The smallest absolute Gasteiger partial charge is 0.226 e. The van der Waals surface area contributed by atoms with Crippen LogP contribution in [0.1, 0.15) is 30.4 Å². The summed E-state index contributed by atoms with van der Waals surface area (Å²) in [5.41, 5.74) is 2.24. The molecule has 5 heteroatoms. The summed E-state index contributed by atoms with van der Waals surface area (Å²) in [7, 11) is 0. The quantitative estimate of drug-likeness (QED) is 0.920. The van der Waals surface area contributed by atoms with Crippen molar-refractivity contribution in [3.8, 4) is 0 Å². The molecular formula is C18H21N3O2. The van der Waals surface area contributed by atoms with Crippen LogP contribution in [-0.4, -0.2) is 27.9 Å². The van der Waals surface area contributed by atoms with Crippen LogP contribution >= 0.6 is 0 Å². The molecule has 2 fully saturated rings. The minimum atomic E-state index is 0.0353. The van der Waals surface area contributed by atoms with Gasteiger partial charge in [0.25, 0.3) is 0 Å². The molecule has 4 rings (SSSR count). The van der Waals surface area contributed by atoms with Crippen LogP contribution in [0.15, 0.2) is 42.7 Å². The Labute approximate surface area is 135 Å². The molecule has 3 atom stereocenters. The predicted molar refractivity (Wildman–Crippen MR) is 85.6 cm³/mol. The Bertz CT molecular complexity index is 683. The van der Waals surface area contributed by atoms with Crippen molar-refractivity contribution in [3.05, 3.63) is 53.9 Å². The first-order valence-corrected chi connectivity index (χ1v) is 8.26. The lowest BCUT2D eigenvalue weighted by Gasteiger charge is -2.17. The molecule has 0 unspecified atom stereocenters. The van der Waals surface area contributed by atoms with Crippen molar-refractivity contribution >= 4 is 5.91 Å². The van der Waals surface area contributed by atoms with E-state index < -0.39 is 0 Å². The second-order valence-corrected chi connectivity index (χ2v) is 6.47. The fourth-order valence-electron chi connectivity index (χ4n) is 3.59. The van der Waals surface area contributed by atoms with Crippen molar-refractivity contribution < 1.29 is 9.53 Å². The van der Waals surface area contributed by atoms with Gasteiger partial charge < -0.3 is 10.1 Å². The van der Waals surface area contributed by atoms with Crippen molar-refractivity contribution in [1.29, 1.82) is 0 Å². The normalized spacial score (nSPS) is 25.7. The molecule has 0 saturated carbocycles. The van der Waals surface area contributed by atoms with Crippen LogP contribution in [0.25, 0.3) is 0 Å². The Balaban J connectivity index is 1.31. The maximum Gasteiger partial charge on any atom is 0.226 e. The zero-order valence-electron chi connectivity index (χ0n) is 13.0. The van der Waals surface area contributed by atoms with Crippen LogP contribution in [-0.2, 0) is 22.6 Å². The minimum Gasteiger partial charge on any atom is -0.374 e. The summed E-state index contributed by atoms with van der Waals surface area (Å²) < 4.78 is 7.65. The zero-order chi connectivity index (χ0) is 15.6. The minimum absolute atomic E-state index is 0.0353. The van der Waals surface area contributed by atoms with Crippen molar-refractivity contribution in [1.82, 2.24) is 15.1 Å². The number of ether oxygens (including phenoxy) is 1. The van der Waals surface area contributed by atoms with Crippen molar-refractivity contribution in [3.63, 3.8) is 0 Å². The van der Waals surface area contributed by atoms with Gasteiger partial charge in [-0.2, -0.15) is 5.10 Å². The van der Waals surface area contributed by atoms with Crippen LogP contribution in [0.3, 0.4) is 0 Å². The molecule has 1 aromatic heterocycles. The van der Waals surface area contributed by atoms with Gasteiger partial charge in [0.1, 0.15) is 0 Å². The number of fused-ring (bicyclic) bond motifs is 2. The Morgan fingerprint density at radius 3 is 2.87 bits per heavy atom. The first kappa shape index (κ1) is 14.5. The first-order chi connectivity index (χ1) is 11.3. The molecule has 2 saturated heterocycles. The van der Waals surface area contributed by atoms with E-state index in [9.17, 15) is 4.79 Å². The third-order valence-corrected chi connectivity index (χ3v) is 4.78. The molecule has 5 nitrogen and oxygen atoms in total. The summed E-state index contributed by atoms with van der Waals surface area (Å²) in [6.07, 6.45) is 7.28. The molecule has 2 aromatic rings. The van der Waals surface area contributed by atoms with Gasteiger partial charge in [-0.1, -0.05) is 30.3 Å². The van der Waals surface area contributed by atoms with Crippen molar-refractivity contribution in [2.45, 2.75) is 44.6 Å². The Kier molecular flexibility index (Phi) is 3.87. The van der Waals surface area contributed by atoms with E-state index in [4.69, 9.17) is 4.74 Å². The van der Waals surface area contributed by atoms with E-state index in [1.807, 2.05) is 35.3 Å². The Hall–Kier alpha value is -2.14. The van der Waals surface area contributed by atoms with E-state index in [-0.39, 0.29) is 17.9 Å². The number of rotatable bonds is 5. The summed E-state index contributed by atoms with van der Waals surface area (Å²) >= 11 is 0. The summed E-state index contributed by atoms with van der Waals surface area (Å²) in [5.74, 6) is 0.154. The molecule has 0 radical (unpaired) electrons. The van der Waals surface area contributed by atoms with Gasteiger partial charge >= 0.3 is 0 Å². The Morgan fingerprint density at radius 2 is 2.13 bits per heavy atom. The van der Waals surface area contributed by atoms with Crippen LogP contribution in [0.4, 0.5) is 0 Å². The summed E-state index contributed by atoms with van der Waals surface area (Å²) in [5, 5.41) is 7.40. The average molecular weight is 311 g/mol. The third kappa shape index (κ3) is 3.15. The van der Waals surface area contributed by atoms with Gasteiger partial charge in [0.05, 0.1) is 30.9 Å². The zero-order valence-corrected chi connectivity index (χ0v) is 13.0. The highest BCUT2D eigenvalue weighted by atomic mass is 16.5. The van der Waals surface area contributed by atoms with Crippen molar-refractivity contribution in [2.24, 2.45) is 5.92 Å². The molecule has 3 heterocycles. The molecule has 0 spiro atoms. The van der Waals surface area contributed by atoms with E-state index in [0.717, 1.165) is 31.4 Å². The molecule has 120 valence electrons. The molecule has 1 amide bonds. The number of hydrogen-bond acceptors (Lipinski definition) is 3. The lowest BCUT2D eigenvalue weighted by Crippen LogP contribution is -2.35. The van der Waals surface area contributed by atoms with Gasteiger partial charge in [0.15, 0.2) is 0 Å². The van der Waals surface area contributed by atoms with Crippen LogP contribution in [0.2, 0.25) is 0 Å². The highest BCUT2D eigenvalue weighted by Crippen LogP contribution is 2.38. The van der Waals surface area contributed by atoms with E-state index in [1.54, 1.807) is 0 Å². The molecular weight excluding hydrogens is 290 g/mol. The number of carbonyl (C=O) groups is 1. The third-order valence-electron chi connectivity index (χ3n) is 4.78. The SMILES string of the molecule is O=C(NCc1cnn(Cc2ccccc2)c1)[C@H]1C[C@H]2CC[C@H]1O2. The molecule has 1 aromatic carbocycles. The lowest BCUT2D eigenvalue weighted by atomic mass is 9.88. The molecule has 2 aliphatic heterocycles. The largest absolute Gasteiger partial charge is 0.374 e. The fourth-order valence-corrected chi connectivity index (χ4v) is 3.59. The highest BCUT2D eigenvalue weighted by molar-refractivity contribution is 5.79. The topological polar surface area (TPSA) is 56.2 Å². The van der Waals surface area contributed by atoms with Gasteiger partial charge in [-0.25, -0.2) is 0 Å². The number of hydrogen-bond donors (Lipinski definition) is 1. The van der Waals surface area contributed by atoms with Gasteiger partial charge in [0, 0.05) is 18.3 Å². The Morgan fingerprint density at radius 1 is 1.26 bits per heavy atom. The van der Waals surface area contributed by atoms with Crippen LogP contribution < -0.4 is 5.32 Å². The predicted octanol–water partition coefficient (Wildman–Crippen LogP) is 2.12. The van der Waals surface area contributed by atoms with Gasteiger partial charge in [-0.3, -0.25) is 9.48 Å². The molecule has 2 bridgehead atoms. The lowest BCUT2D eigenvalue weighted by molar-refractivity contribution is -0.126. The monoisotopic (exact) mass is 311 g/mol. The molecule has 0 aliphatic carbocycles. The second kappa shape index (κ2) is 6.16. The number of carbonyl (C=O) groups excluding carboxylic acids is 1. The van der Waals surface area contributed by atoms with Gasteiger partial charge in [-0.15, -0.1) is 0 Å². The number of nitrogens with zero attached hydrogens (tertiary/aromatic N) is 2. The number of nitrogens with one attached hydrogen (secondary N) is 1. The van der Waals surface area contributed by atoms with Gasteiger partial charge in [-0.05, 0) is 24.8 Å². The standard InChI is InChI=1S/C18H21N3O2/c22-18(16-8-15-6-7-17(16)23-15)19-9-14-10-20-21(12-14)11-13-4-2-1-3-5-13/h1-5,10,12,15-17H,6-9,11H2,(H,19,22)/t15-,16+,17-/m1/s1. The fraction of sp³-hybridized carbons (Fsp3) is 0.444. The molecule has 1 N–H and O–H groups in total. The van der Waals surface area contributed by atoms with E-state index in [1.165, 1.54) is 5.56 Å². The maximum atomic E-state index is 12.3. The summed E-state index contributed by atoms with van der Waals surface area (Å²) in [4.78, 5) is 12.3. The van der Waals surface area contributed by atoms with Gasteiger partial charge in [0.2, 0.25) is 5.91 Å². The number of aromatic nitrogens is 2. The van der Waals surface area contributed by atoms with Crippen LogP contribution in [0.5, 0.6) is 0 Å². The van der Waals surface area contributed by atoms with E-state index >= 15 is 0 Å². The second-order valence-electron chi connectivity index (χ2n) is 6.47. The highest BCUT2D eigenvalue weighted by Gasteiger charge is 2.44. The average Bonchev–Trinajstić information content (AvgIpc) is 3.30. The number of benzene rings is 1. The summed E-state index contributed by atoms with van der Waals surface area (Å²) in [6, 6.07) is 10.2.